The Bertz CT molecular complexity index is 214. The third kappa shape index (κ3) is 2.71. The summed E-state index contributed by atoms with van der Waals surface area (Å²) in [5.74, 6) is -0.547. The number of carbonyl (C=O) groups excluding carboxylic acids is 1. The van der Waals surface area contributed by atoms with Crippen LogP contribution in [0.2, 0.25) is 0 Å². The van der Waals surface area contributed by atoms with Crippen molar-refractivity contribution in [2.75, 3.05) is 32.9 Å². The molecule has 0 spiro atoms. The number of nitrogens with zero attached hydrogens (tertiary/aromatic N) is 1. The van der Waals surface area contributed by atoms with Gasteiger partial charge in [0.05, 0.1) is 19.8 Å². The van der Waals surface area contributed by atoms with Gasteiger partial charge in [0.25, 0.3) is 5.91 Å². The van der Waals surface area contributed by atoms with E-state index in [1.807, 2.05) is 0 Å². The number of amides is 1. The molecule has 0 saturated heterocycles. The molecule has 0 bridgehead atoms. The SMILES string of the molecule is O=C1C(O)=CCN1CCOCCO. The highest BCUT2D eigenvalue weighted by atomic mass is 16.5. The molecule has 0 aromatic heterocycles. The van der Waals surface area contributed by atoms with Gasteiger partial charge >= 0.3 is 0 Å². The van der Waals surface area contributed by atoms with Crippen molar-refractivity contribution in [2.45, 2.75) is 0 Å². The second-order valence-electron chi connectivity index (χ2n) is 2.68. The smallest absolute Gasteiger partial charge is 0.288 e. The van der Waals surface area contributed by atoms with Crippen LogP contribution in [0, 0.1) is 0 Å². The summed E-state index contributed by atoms with van der Waals surface area (Å²) in [6.07, 6.45) is 1.47. The molecule has 1 rings (SSSR count). The van der Waals surface area contributed by atoms with Gasteiger partial charge in [-0.1, -0.05) is 0 Å². The average Bonchev–Trinajstić information content (AvgIpc) is 2.43. The maximum Gasteiger partial charge on any atom is 0.288 e. The third-order valence-electron chi connectivity index (χ3n) is 1.75. The second-order valence-corrected chi connectivity index (χ2v) is 2.68. The van der Waals surface area contributed by atoms with Gasteiger partial charge in [-0.15, -0.1) is 0 Å². The molecule has 5 nitrogen and oxygen atoms in total. The van der Waals surface area contributed by atoms with Crippen LogP contribution in [0.1, 0.15) is 0 Å². The molecule has 0 fully saturated rings. The normalized spacial score (nSPS) is 16.5. The fourth-order valence-corrected chi connectivity index (χ4v) is 1.06. The lowest BCUT2D eigenvalue weighted by Crippen LogP contribution is -2.30. The minimum atomic E-state index is -0.354. The molecule has 0 aliphatic carbocycles. The first-order valence-corrected chi connectivity index (χ1v) is 4.12. The Kier molecular flexibility index (Phi) is 3.72. The van der Waals surface area contributed by atoms with Crippen LogP contribution in [0.3, 0.4) is 0 Å². The molecule has 2 N–H and O–H groups in total. The van der Waals surface area contributed by atoms with Gasteiger partial charge in [0.15, 0.2) is 5.76 Å². The first-order chi connectivity index (χ1) is 6.25. The minimum Gasteiger partial charge on any atom is -0.503 e. The highest BCUT2D eigenvalue weighted by Crippen LogP contribution is 2.06. The Balaban J connectivity index is 2.14. The fraction of sp³-hybridized carbons (Fsp3) is 0.625. The van der Waals surface area contributed by atoms with Crippen LogP contribution >= 0.6 is 0 Å². The molecule has 0 aromatic carbocycles. The molecule has 0 saturated carbocycles. The first kappa shape index (κ1) is 10.0. The van der Waals surface area contributed by atoms with E-state index >= 15 is 0 Å². The Labute approximate surface area is 76.2 Å². The van der Waals surface area contributed by atoms with Crippen molar-refractivity contribution < 1.29 is 19.7 Å². The van der Waals surface area contributed by atoms with Crippen molar-refractivity contribution in [1.29, 1.82) is 0 Å². The summed E-state index contributed by atoms with van der Waals surface area (Å²) in [7, 11) is 0. The summed E-state index contributed by atoms with van der Waals surface area (Å²) in [6, 6.07) is 0. The van der Waals surface area contributed by atoms with Crippen LogP contribution in [-0.2, 0) is 9.53 Å². The maximum absolute atomic E-state index is 11.1. The van der Waals surface area contributed by atoms with Gasteiger partial charge in [-0.3, -0.25) is 4.79 Å². The van der Waals surface area contributed by atoms with Gasteiger partial charge in [-0.05, 0) is 6.08 Å². The number of aliphatic hydroxyl groups is 2. The molecule has 74 valence electrons. The highest BCUT2D eigenvalue weighted by molar-refractivity contribution is 5.93. The fourth-order valence-electron chi connectivity index (χ4n) is 1.06. The van der Waals surface area contributed by atoms with Gasteiger partial charge in [0, 0.05) is 13.1 Å². The summed E-state index contributed by atoms with van der Waals surface area (Å²) in [4.78, 5) is 12.6. The Morgan fingerprint density at radius 3 is 2.85 bits per heavy atom. The molecule has 1 heterocycles. The number of rotatable bonds is 5. The molecule has 0 radical (unpaired) electrons. The van der Waals surface area contributed by atoms with E-state index in [4.69, 9.17) is 14.9 Å². The van der Waals surface area contributed by atoms with Crippen LogP contribution < -0.4 is 0 Å². The number of aliphatic hydroxyl groups excluding tert-OH is 2. The predicted molar refractivity (Wildman–Crippen MR) is 45.2 cm³/mol. The largest absolute Gasteiger partial charge is 0.503 e. The predicted octanol–water partition coefficient (Wildman–Crippen LogP) is -0.721. The Morgan fingerprint density at radius 2 is 2.31 bits per heavy atom. The van der Waals surface area contributed by atoms with E-state index in [0.29, 0.717) is 19.7 Å². The van der Waals surface area contributed by atoms with Gasteiger partial charge in [0.2, 0.25) is 0 Å². The lowest BCUT2D eigenvalue weighted by atomic mass is 10.5. The summed E-state index contributed by atoms with van der Waals surface area (Å²) >= 11 is 0. The number of hydrogen-bond acceptors (Lipinski definition) is 4. The molecule has 1 amide bonds. The van der Waals surface area contributed by atoms with E-state index in [2.05, 4.69) is 0 Å². The van der Waals surface area contributed by atoms with Crippen LogP contribution in [0.5, 0.6) is 0 Å². The lowest BCUT2D eigenvalue weighted by Gasteiger charge is -2.14. The standard InChI is InChI=1S/C8H13NO4/c10-4-6-13-5-3-9-2-1-7(11)8(9)12/h1,10-11H,2-6H2. The van der Waals surface area contributed by atoms with Crippen molar-refractivity contribution in [3.8, 4) is 0 Å². The lowest BCUT2D eigenvalue weighted by molar-refractivity contribution is -0.128. The van der Waals surface area contributed by atoms with Crippen LogP contribution in [0.25, 0.3) is 0 Å². The van der Waals surface area contributed by atoms with Crippen LogP contribution in [0.15, 0.2) is 11.8 Å². The maximum atomic E-state index is 11.1. The quantitative estimate of drug-likeness (QED) is 0.557. The van der Waals surface area contributed by atoms with Crippen LogP contribution in [0.4, 0.5) is 0 Å². The average molecular weight is 187 g/mol. The number of hydrogen-bond donors (Lipinski definition) is 2. The monoisotopic (exact) mass is 187 g/mol. The summed E-state index contributed by atoms with van der Waals surface area (Å²) in [5.41, 5.74) is 0. The van der Waals surface area contributed by atoms with Crippen molar-refractivity contribution in [3.63, 3.8) is 0 Å². The van der Waals surface area contributed by atoms with E-state index < -0.39 is 0 Å². The number of ether oxygens (including phenoxy) is 1. The van der Waals surface area contributed by atoms with Crippen LogP contribution in [-0.4, -0.2) is 53.9 Å². The first-order valence-electron chi connectivity index (χ1n) is 4.12. The molecule has 1 aliphatic rings. The number of carbonyl (C=O) groups is 1. The van der Waals surface area contributed by atoms with Gasteiger partial charge in [0.1, 0.15) is 0 Å². The second kappa shape index (κ2) is 4.84. The molecule has 1 aliphatic heterocycles. The molecule has 5 heteroatoms. The molecule has 13 heavy (non-hydrogen) atoms. The topological polar surface area (TPSA) is 70.0 Å². The van der Waals surface area contributed by atoms with Crippen molar-refractivity contribution in [3.05, 3.63) is 11.8 Å². The van der Waals surface area contributed by atoms with E-state index in [1.165, 1.54) is 11.0 Å². The van der Waals surface area contributed by atoms with Crippen molar-refractivity contribution in [1.82, 2.24) is 4.90 Å². The summed E-state index contributed by atoms with van der Waals surface area (Å²) in [5, 5.41) is 17.4. The summed E-state index contributed by atoms with van der Waals surface area (Å²) < 4.78 is 4.98. The van der Waals surface area contributed by atoms with E-state index in [-0.39, 0.29) is 24.9 Å². The van der Waals surface area contributed by atoms with Gasteiger partial charge < -0.3 is 19.8 Å². The highest BCUT2D eigenvalue weighted by Gasteiger charge is 2.22. The van der Waals surface area contributed by atoms with Gasteiger partial charge in [-0.25, -0.2) is 0 Å². The van der Waals surface area contributed by atoms with Crippen molar-refractivity contribution >= 4 is 5.91 Å². The van der Waals surface area contributed by atoms with E-state index in [0.717, 1.165) is 0 Å². The molecule has 0 atom stereocenters. The molecule has 0 unspecified atom stereocenters. The zero-order valence-corrected chi connectivity index (χ0v) is 7.27. The Morgan fingerprint density at radius 1 is 1.54 bits per heavy atom. The summed E-state index contributed by atoms with van der Waals surface area (Å²) in [6.45, 7) is 1.53. The minimum absolute atomic E-state index is 0.0164. The molecular formula is C8H13NO4. The van der Waals surface area contributed by atoms with E-state index in [9.17, 15) is 4.79 Å². The van der Waals surface area contributed by atoms with E-state index in [1.54, 1.807) is 0 Å². The van der Waals surface area contributed by atoms with Crippen molar-refractivity contribution in [2.24, 2.45) is 0 Å². The molecule has 0 aromatic rings. The zero-order chi connectivity index (χ0) is 9.68. The molecular weight excluding hydrogens is 174 g/mol. The third-order valence-corrected chi connectivity index (χ3v) is 1.75. The Hall–Kier alpha value is -1.07. The zero-order valence-electron chi connectivity index (χ0n) is 7.27. The van der Waals surface area contributed by atoms with Gasteiger partial charge in [-0.2, -0.15) is 0 Å².